The van der Waals surface area contributed by atoms with E-state index in [-0.39, 0.29) is 16.9 Å². The van der Waals surface area contributed by atoms with Crippen molar-refractivity contribution in [2.45, 2.75) is 0 Å². The topological polar surface area (TPSA) is 134 Å². The average molecular weight is 644 g/mol. The van der Waals surface area contributed by atoms with Gasteiger partial charge in [0.15, 0.2) is 11.5 Å². The molecule has 4 aromatic rings. The summed E-state index contributed by atoms with van der Waals surface area (Å²) in [5.74, 6) is 0.385. The standard InChI is InChI=1S/C34H30ClN3O8/c1-42-27-13-5-21(6-14-27)7-16-31(39)46-28-15-10-25(35)17-24(28)20-36-38-34(41)22-8-11-26(12-9-22)37-33(40)23-18-29(43-2)32(45-4)30(19-23)44-3/h5-20H,1-4H3,(H,37,40)(H,38,41)/b16-7+,36-20+. The lowest BCUT2D eigenvalue weighted by atomic mass is 10.1. The summed E-state index contributed by atoms with van der Waals surface area (Å²) in [4.78, 5) is 38.0. The lowest BCUT2D eigenvalue weighted by Crippen LogP contribution is -2.18. The molecule has 0 bridgehead atoms. The quantitative estimate of drug-likeness (QED) is 0.0630. The first-order valence-electron chi connectivity index (χ1n) is 13.6. The van der Waals surface area contributed by atoms with Gasteiger partial charge in [-0.2, -0.15) is 5.10 Å². The monoisotopic (exact) mass is 643 g/mol. The molecule has 0 aliphatic carbocycles. The third-order valence-electron chi connectivity index (χ3n) is 6.41. The van der Waals surface area contributed by atoms with Crippen LogP contribution in [0, 0.1) is 0 Å². The van der Waals surface area contributed by atoms with Crippen LogP contribution in [0.2, 0.25) is 5.02 Å². The fraction of sp³-hybridized carbons (Fsp3) is 0.118. The Bertz CT molecular complexity index is 1750. The van der Waals surface area contributed by atoms with Crippen molar-refractivity contribution in [3.8, 4) is 28.7 Å². The van der Waals surface area contributed by atoms with E-state index in [2.05, 4.69) is 15.8 Å². The molecule has 0 spiro atoms. The molecule has 4 rings (SSSR count). The molecule has 0 aliphatic rings. The lowest BCUT2D eigenvalue weighted by molar-refractivity contribution is -0.128. The molecule has 12 heteroatoms. The smallest absolute Gasteiger partial charge is 0.336 e. The third-order valence-corrected chi connectivity index (χ3v) is 6.65. The average Bonchev–Trinajstić information content (AvgIpc) is 3.08. The maximum atomic E-state index is 12.9. The van der Waals surface area contributed by atoms with Gasteiger partial charge >= 0.3 is 5.97 Å². The van der Waals surface area contributed by atoms with E-state index < -0.39 is 17.8 Å². The number of hydrogen-bond acceptors (Lipinski definition) is 9. The number of anilines is 1. The first kappa shape index (κ1) is 33.1. The van der Waals surface area contributed by atoms with E-state index >= 15 is 0 Å². The second-order valence-corrected chi connectivity index (χ2v) is 9.79. The zero-order valence-corrected chi connectivity index (χ0v) is 26.1. The van der Waals surface area contributed by atoms with Crippen molar-refractivity contribution in [2.24, 2.45) is 5.10 Å². The molecule has 0 atom stereocenters. The van der Waals surface area contributed by atoms with Gasteiger partial charge in [-0.1, -0.05) is 23.7 Å². The van der Waals surface area contributed by atoms with E-state index in [1.807, 2.05) is 0 Å². The van der Waals surface area contributed by atoms with Gasteiger partial charge in [0.25, 0.3) is 11.8 Å². The summed E-state index contributed by atoms with van der Waals surface area (Å²) < 4.78 is 26.5. The van der Waals surface area contributed by atoms with Gasteiger partial charge in [0, 0.05) is 33.5 Å². The maximum Gasteiger partial charge on any atom is 0.336 e. The summed E-state index contributed by atoms with van der Waals surface area (Å²) in [5.41, 5.74) is 4.58. The van der Waals surface area contributed by atoms with Gasteiger partial charge < -0.3 is 29.0 Å². The van der Waals surface area contributed by atoms with E-state index in [4.69, 9.17) is 35.3 Å². The molecule has 46 heavy (non-hydrogen) atoms. The molecule has 0 fully saturated rings. The normalized spacial score (nSPS) is 10.8. The van der Waals surface area contributed by atoms with Crippen LogP contribution in [0.25, 0.3) is 6.08 Å². The first-order valence-corrected chi connectivity index (χ1v) is 14.0. The fourth-order valence-corrected chi connectivity index (χ4v) is 4.26. The zero-order chi connectivity index (χ0) is 33.1. The van der Waals surface area contributed by atoms with Crippen LogP contribution in [0.4, 0.5) is 5.69 Å². The van der Waals surface area contributed by atoms with Crippen LogP contribution < -0.4 is 34.4 Å². The Morgan fingerprint density at radius 1 is 0.717 bits per heavy atom. The molecule has 11 nitrogen and oxygen atoms in total. The van der Waals surface area contributed by atoms with Gasteiger partial charge in [-0.05, 0) is 78.4 Å². The summed E-state index contributed by atoms with van der Waals surface area (Å²) in [5, 5.41) is 7.13. The largest absolute Gasteiger partial charge is 0.497 e. The summed E-state index contributed by atoms with van der Waals surface area (Å²) in [6.45, 7) is 0. The minimum absolute atomic E-state index is 0.193. The van der Waals surface area contributed by atoms with E-state index in [0.29, 0.717) is 39.3 Å². The molecular weight excluding hydrogens is 614 g/mol. The highest BCUT2D eigenvalue weighted by atomic mass is 35.5. The summed E-state index contributed by atoms with van der Waals surface area (Å²) in [6, 6.07) is 21.0. The van der Waals surface area contributed by atoms with Crippen molar-refractivity contribution in [1.29, 1.82) is 0 Å². The van der Waals surface area contributed by atoms with Crippen LogP contribution in [0.1, 0.15) is 31.8 Å². The summed E-state index contributed by atoms with van der Waals surface area (Å²) in [7, 11) is 5.96. The molecule has 236 valence electrons. The molecule has 0 unspecified atom stereocenters. The van der Waals surface area contributed by atoms with Crippen molar-refractivity contribution in [1.82, 2.24) is 5.43 Å². The second-order valence-electron chi connectivity index (χ2n) is 9.35. The molecule has 0 saturated heterocycles. The molecule has 0 heterocycles. The second kappa shape index (κ2) is 15.8. The van der Waals surface area contributed by atoms with Crippen molar-refractivity contribution in [2.75, 3.05) is 33.8 Å². The Morgan fingerprint density at radius 2 is 1.39 bits per heavy atom. The number of esters is 1. The number of hydrogen-bond donors (Lipinski definition) is 2. The van der Waals surface area contributed by atoms with Crippen LogP contribution >= 0.6 is 11.6 Å². The minimum Gasteiger partial charge on any atom is -0.497 e. The van der Waals surface area contributed by atoms with Crippen LogP contribution in [0.3, 0.4) is 0 Å². The third kappa shape index (κ3) is 8.64. The van der Waals surface area contributed by atoms with Gasteiger partial charge in [0.05, 0.1) is 34.7 Å². The van der Waals surface area contributed by atoms with Gasteiger partial charge in [-0.15, -0.1) is 0 Å². The Hall–Kier alpha value is -5.81. The highest BCUT2D eigenvalue weighted by molar-refractivity contribution is 6.31. The number of nitrogens with zero attached hydrogens (tertiary/aromatic N) is 1. The van der Waals surface area contributed by atoms with Crippen molar-refractivity contribution < 1.29 is 38.1 Å². The molecule has 2 amide bonds. The molecule has 0 saturated carbocycles. The summed E-state index contributed by atoms with van der Waals surface area (Å²) >= 11 is 6.13. The highest BCUT2D eigenvalue weighted by Gasteiger charge is 2.17. The first-order chi connectivity index (χ1) is 22.2. The Labute approximate surface area is 270 Å². The number of methoxy groups -OCH3 is 4. The number of benzene rings is 4. The SMILES string of the molecule is COc1ccc(/C=C/C(=O)Oc2ccc(Cl)cc2/C=N/NC(=O)c2ccc(NC(=O)c3cc(OC)c(OC)c(OC)c3)cc2)cc1. The molecular formula is C34H30ClN3O8. The highest BCUT2D eigenvalue weighted by Crippen LogP contribution is 2.38. The molecule has 0 aliphatic heterocycles. The van der Waals surface area contributed by atoms with Crippen LogP contribution in [0.15, 0.2) is 90.0 Å². The van der Waals surface area contributed by atoms with Crippen LogP contribution in [0.5, 0.6) is 28.7 Å². The number of amides is 2. The predicted molar refractivity (Wildman–Crippen MR) is 175 cm³/mol. The van der Waals surface area contributed by atoms with Crippen LogP contribution in [-0.2, 0) is 4.79 Å². The Kier molecular flexibility index (Phi) is 11.3. The number of carbonyl (C=O) groups is 3. The number of nitrogens with one attached hydrogen (secondary N) is 2. The summed E-state index contributed by atoms with van der Waals surface area (Å²) in [6.07, 6.45) is 4.21. The number of hydrazone groups is 1. The van der Waals surface area contributed by atoms with Crippen LogP contribution in [-0.4, -0.2) is 52.4 Å². The van der Waals surface area contributed by atoms with Gasteiger partial charge in [0.1, 0.15) is 11.5 Å². The van der Waals surface area contributed by atoms with Gasteiger partial charge in [-0.3, -0.25) is 9.59 Å². The predicted octanol–water partition coefficient (Wildman–Crippen LogP) is 6.01. The molecule has 4 aromatic carbocycles. The zero-order valence-electron chi connectivity index (χ0n) is 25.3. The number of halogens is 1. The number of carbonyl (C=O) groups excluding carboxylic acids is 3. The Morgan fingerprint density at radius 3 is 2.00 bits per heavy atom. The Balaban J connectivity index is 1.37. The maximum absolute atomic E-state index is 12.9. The number of rotatable bonds is 12. The fourth-order valence-electron chi connectivity index (χ4n) is 4.08. The van der Waals surface area contributed by atoms with Gasteiger partial charge in [-0.25, -0.2) is 10.2 Å². The van der Waals surface area contributed by atoms with E-state index in [1.165, 1.54) is 64.0 Å². The van der Waals surface area contributed by atoms with Gasteiger partial charge in [0.2, 0.25) is 5.75 Å². The molecule has 0 aromatic heterocycles. The van der Waals surface area contributed by atoms with Crippen molar-refractivity contribution >= 4 is 47.4 Å². The lowest BCUT2D eigenvalue weighted by Gasteiger charge is -2.14. The van der Waals surface area contributed by atoms with E-state index in [9.17, 15) is 14.4 Å². The van der Waals surface area contributed by atoms with E-state index in [1.54, 1.807) is 61.7 Å². The number of ether oxygens (including phenoxy) is 5. The van der Waals surface area contributed by atoms with Crippen molar-refractivity contribution in [3.05, 3.63) is 112 Å². The molecule has 0 radical (unpaired) electrons. The minimum atomic E-state index is -0.616. The van der Waals surface area contributed by atoms with E-state index in [0.717, 1.165) is 5.56 Å². The molecule has 2 N–H and O–H groups in total. The van der Waals surface area contributed by atoms with Crippen molar-refractivity contribution in [3.63, 3.8) is 0 Å².